The van der Waals surface area contributed by atoms with E-state index in [0.29, 0.717) is 23.7 Å². The zero-order valence-electron chi connectivity index (χ0n) is 32.2. The minimum absolute atomic E-state index is 0.0146. The lowest BCUT2D eigenvalue weighted by Crippen LogP contribution is -2.65. The van der Waals surface area contributed by atoms with Crippen LogP contribution < -0.4 is 9.47 Å². The number of hydrogen-bond donors (Lipinski definition) is 0. The number of ether oxygens (including phenoxy) is 3. The Morgan fingerprint density at radius 2 is 1.65 bits per heavy atom. The first-order chi connectivity index (χ1) is 22.9. The number of carbonyl (C=O) groups excluding carboxylic acids is 1. The topological polar surface area (TPSA) is 44.8 Å². The molecule has 11 atom stereocenters. The molecular formula is C45H62O4. The lowest BCUT2D eigenvalue weighted by molar-refractivity contribution is -0.205. The summed E-state index contributed by atoms with van der Waals surface area (Å²) in [5.74, 6) is 3.58. The molecule has 4 nitrogen and oxygen atoms in total. The molecular weight excluding hydrogens is 604 g/mol. The van der Waals surface area contributed by atoms with Crippen LogP contribution in [0.25, 0.3) is 6.08 Å². The second-order valence-electron chi connectivity index (χ2n) is 19.6. The molecule has 49 heavy (non-hydrogen) atoms. The highest BCUT2D eigenvalue weighted by atomic mass is 16.6. The highest BCUT2D eigenvalue weighted by Crippen LogP contribution is 2.75. The maximum Gasteiger partial charge on any atom is 0.311 e. The van der Waals surface area contributed by atoms with E-state index in [1.807, 2.05) is 0 Å². The summed E-state index contributed by atoms with van der Waals surface area (Å²) >= 11 is 0. The molecule has 8 rings (SSSR count). The quantitative estimate of drug-likeness (QED) is 0.233. The molecule has 0 saturated heterocycles. The van der Waals surface area contributed by atoms with Crippen molar-refractivity contribution in [2.45, 2.75) is 150 Å². The van der Waals surface area contributed by atoms with Gasteiger partial charge in [0.15, 0.2) is 22.7 Å². The summed E-state index contributed by atoms with van der Waals surface area (Å²) in [6, 6.07) is 2.43. The number of methoxy groups -OCH3 is 1. The Balaban J connectivity index is 1.21. The second-order valence-corrected chi connectivity index (χ2v) is 19.6. The first kappa shape index (κ1) is 33.6. The van der Waals surface area contributed by atoms with Crippen molar-refractivity contribution in [3.05, 3.63) is 52.6 Å². The Kier molecular flexibility index (Phi) is 7.08. The van der Waals surface area contributed by atoms with Crippen LogP contribution in [0, 0.1) is 52.3 Å². The fourth-order valence-corrected chi connectivity index (χ4v) is 13.7. The van der Waals surface area contributed by atoms with Gasteiger partial charge in [0, 0.05) is 29.7 Å². The summed E-state index contributed by atoms with van der Waals surface area (Å²) in [7, 11) is 1.57. The van der Waals surface area contributed by atoms with E-state index in [0.717, 1.165) is 62.9 Å². The van der Waals surface area contributed by atoms with Crippen molar-refractivity contribution in [3.8, 4) is 11.5 Å². The second kappa shape index (κ2) is 10.3. The van der Waals surface area contributed by atoms with E-state index in [1.165, 1.54) is 47.1 Å². The van der Waals surface area contributed by atoms with Gasteiger partial charge in [-0.2, -0.15) is 0 Å². The van der Waals surface area contributed by atoms with Crippen molar-refractivity contribution in [3.63, 3.8) is 0 Å². The molecule has 4 saturated carbocycles. The van der Waals surface area contributed by atoms with E-state index in [1.54, 1.807) is 7.11 Å². The van der Waals surface area contributed by atoms with Crippen LogP contribution in [0.5, 0.6) is 11.5 Å². The molecule has 1 aliphatic heterocycles. The van der Waals surface area contributed by atoms with Crippen molar-refractivity contribution in [1.29, 1.82) is 0 Å². The molecule has 0 aromatic heterocycles. The summed E-state index contributed by atoms with van der Waals surface area (Å²) in [5, 5.41) is 0. The maximum atomic E-state index is 13.2. The Bertz CT molecular complexity index is 1700. The Labute approximate surface area is 296 Å². The number of hydrogen-bond acceptors (Lipinski definition) is 4. The van der Waals surface area contributed by atoms with E-state index < -0.39 is 11.0 Å². The third-order valence-corrected chi connectivity index (χ3v) is 17.4. The normalized spacial score (nSPS) is 47.6. The first-order valence-corrected chi connectivity index (χ1v) is 19.6. The molecule has 7 aliphatic rings. The van der Waals surface area contributed by atoms with Crippen LogP contribution >= 0.6 is 0 Å². The third-order valence-electron chi connectivity index (χ3n) is 17.4. The Hall–Kier alpha value is -2.49. The first-order valence-electron chi connectivity index (χ1n) is 19.6. The van der Waals surface area contributed by atoms with Crippen molar-refractivity contribution in [1.82, 2.24) is 0 Å². The van der Waals surface area contributed by atoms with Crippen molar-refractivity contribution in [2.75, 3.05) is 7.11 Å². The smallest absolute Gasteiger partial charge is 0.311 e. The minimum Gasteiger partial charge on any atom is -0.478 e. The predicted octanol–water partition coefficient (Wildman–Crippen LogP) is 11.1. The molecule has 266 valence electrons. The highest BCUT2D eigenvalue weighted by molar-refractivity contribution is 5.76. The summed E-state index contributed by atoms with van der Waals surface area (Å²) in [6.07, 6.45) is 19.3. The van der Waals surface area contributed by atoms with E-state index in [-0.39, 0.29) is 33.2 Å². The van der Waals surface area contributed by atoms with Gasteiger partial charge in [0.1, 0.15) is 0 Å². The van der Waals surface area contributed by atoms with Crippen LogP contribution in [-0.4, -0.2) is 24.3 Å². The molecule has 1 aromatic carbocycles. The van der Waals surface area contributed by atoms with Gasteiger partial charge in [-0.05, 0) is 142 Å². The van der Waals surface area contributed by atoms with Crippen LogP contribution in [-0.2, 0) is 14.9 Å². The average molecular weight is 667 g/mol. The Morgan fingerprint density at radius 1 is 0.939 bits per heavy atom. The van der Waals surface area contributed by atoms with E-state index in [2.05, 4.69) is 93.2 Å². The number of carbonyl (C=O) groups is 1. The summed E-state index contributed by atoms with van der Waals surface area (Å²) in [6.45, 7) is 26.1. The zero-order valence-corrected chi connectivity index (χ0v) is 32.2. The van der Waals surface area contributed by atoms with E-state index in [9.17, 15) is 4.79 Å². The van der Waals surface area contributed by atoms with Gasteiger partial charge in [-0.1, -0.05) is 65.0 Å². The van der Waals surface area contributed by atoms with Gasteiger partial charge < -0.3 is 14.2 Å². The minimum atomic E-state index is -0.469. The van der Waals surface area contributed by atoms with Crippen LogP contribution in [0.4, 0.5) is 0 Å². The van der Waals surface area contributed by atoms with Gasteiger partial charge in [-0.25, -0.2) is 0 Å². The van der Waals surface area contributed by atoms with Gasteiger partial charge in [0.05, 0.1) is 12.5 Å². The van der Waals surface area contributed by atoms with Gasteiger partial charge in [0.2, 0.25) is 0 Å². The molecule has 0 radical (unpaired) electrons. The monoisotopic (exact) mass is 666 g/mol. The number of esters is 1. The molecule has 1 heterocycles. The summed E-state index contributed by atoms with van der Waals surface area (Å²) in [4.78, 5) is 13.2. The van der Waals surface area contributed by atoms with Crippen molar-refractivity contribution in [2.24, 2.45) is 45.3 Å². The summed E-state index contributed by atoms with van der Waals surface area (Å²) < 4.78 is 20.4. The van der Waals surface area contributed by atoms with Crippen LogP contribution in [0.1, 0.15) is 143 Å². The van der Waals surface area contributed by atoms with Crippen LogP contribution in [0.15, 0.2) is 35.9 Å². The summed E-state index contributed by atoms with van der Waals surface area (Å²) in [5.41, 5.74) is 5.86. The molecule has 0 bridgehead atoms. The molecule has 1 aromatic rings. The lowest BCUT2D eigenvalue weighted by atomic mass is 9.33. The fourth-order valence-electron chi connectivity index (χ4n) is 13.7. The molecule has 0 unspecified atom stereocenters. The largest absolute Gasteiger partial charge is 0.478 e. The van der Waals surface area contributed by atoms with Crippen LogP contribution in [0.2, 0.25) is 0 Å². The molecule has 4 fully saturated rings. The number of rotatable bonds is 2. The van der Waals surface area contributed by atoms with Crippen molar-refractivity contribution < 1.29 is 19.0 Å². The van der Waals surface area contributed by atoms with Gasteiger partial charge in [-0.15, -0.1) is 0 Å². The number of benzene rings is 1. The Morgan fingerprint density at radius 3 is 2.37 bits per heavy atom. The standard InChI is InChI=1S/C45H62O4/c1-27(2)31-13-12-28(3)44-17-16-29(4)45(44,25-31)48-34-24-33-32(30(5)37(34)49-44)14-15-35-41(33,8)21-23-43(10)36-26-40(7,38(46)47-11)19-18-39(36,6)20-22-42(35,43)9/h14-16,24,28,31,35-36H,1,12-13,17-23,25-26H2,2-11H3/t28-,31+,35+,36-,39-,40-,41+,42-,43+,44-,45-/m1/s1. The molecule has 0 N–H and O–H groups in total. The fraction of sp³-hybridized carbons (Fsp3) is 0.711. The van der Waals surface area contributed by atoms with Gasteiger partial charge in [0.25, 0.3) is 0 Å². The van der Waals surface area contributed by atoms with Crippen LogP contribution in [0.3, 0.4) is 0 Å². The van der Waals surface area contributed by atoms with E-state index in [4.69, 9.17) is 14.2 Å². The highest BCUT2D eigenvalue weighted by Gasteiger charge is 2.69. The molecule has 0 spiro atoms. The maximum absolute atomic E-state index is 13.2. The van der Waals surface area contributed by atoms with Crippen molar-refractivity contribution >= 4 is 12.0 Å². The van der Waals surface area contributed by atoms with Gasteiger partial charge >= 0.3 is 5.97 Å². The molecule has 4 heteroatoms. The predicted molar refractivity (Wildman–Crippen MR) is 198 cm³/mol. The SMILES string of the molecule is C=C(C)[C@H]1CC[C@@H](C)[C@]23CC=C(C)[C@@]2(C1)Oc1cc2c(c(C)c1O3)C=C[C@H]1[C@@]2(C)CC[C@@]2(C)[C@@H]3C[C@](C)(C(=O)OC)CC[C@]3(C)CC[C@]12C. The lowest BCUT2D eigenvalue weighted by Gasteiger charge is -2.71. The molecule has 0 amide bonds. The number of allylic oxidation sites excluding steroid dienone is 2. The zero-order chi connectivity index (χ0) is 35.2. The third kappa shape index (κ3) is 4.01. The van der Waals surface area contributed by atoms with E-state index >= 15 is 0 Å². The van der Waals surface area contributed by atoms with Gasteiger partial charge in [-0.3, -0.25) is 4.79 Å². The molecule has 6 aliphatic carbocycles. The average Bonchev–Trinajstić information content (AvgIpc) is 3.27. The number of fused-ring (bicyclic) bond motifs is 8.